The number of aromatic nitrogens is 1. The van der Waals surface area contributed by atoms with Gasteiger partial charge in [-0.25, -0.2) is 4.39 Å². The lowest BCUT2D eigenvalue weighted by atomic mass is 9.90. The summed E-state index contributed by atoms with van der Waals surface area (Å²) in [6.07, 6.45) is 2.26. The number of hydrogen-bond acceptors (Lipinski definition) is 2. The van der Waals surface area contributed by atoms with Crippen molar-refractivity contribution in [1.82, 2.24) is 4.98 Å². The number of nitrogens with zero attached hydrogens (tertiary/aromatic N) is 1. The highest BCUT2D eigenvalue weighted by molar-refractivity contribution is 7.19. The van der Waals surface area contributed by atoms with Gasteiger partial charge in [-0.2, -0.15) is 0 Å². The second-order valence-electron chi connectivity index (χ2n) is 5.01. The molecule has 16 heavy (non-hydrogen) atoms. The van der Waals surface area contributed by atoms with Crippen LogP contribution in [0.25, 0.3) is 10.2 Å². The van der Waals surface area contributed by atoms with Crippen LogP contribution in [0.5, 0.6) is 0 Å². The summed E-state index contributed by atoms with van der Waals surface area (Å²) in [4.78, 5) is 5.54. The van der Waals surface area contributed by atoms with Crippen molar-refractivity contribution in [2.45, 2.75) is 39.5 Å². The Hall–Kier alpha value is -0.960. The quantitative estimate of drug-likeness (QED) is 0.720. The van der Waals surface area contributed by atoms with Gasteiger partial charge in [-0.15, -0.1) is 11.3 Å². The summed E-state index contributed by atoms with van der Waals surface area (Å²) in [5, 5.41) is 0. The first-order valence-electron chi connectivity index (χ1n) is 5.51. The van der Waals surface area contributed by atoms with Gasteiger partial charge in [0, 0.05) is 4.88 Å². The normalized spacial score (nSPS) is 12.3. The Kier molecular flexibility index (Phi) is 2.74. The maximum atomic E-state index is 13.1. The van der Waals surface area contributed by atoms with E-state index >= 15 is 0 Å². The molecule has 0 N–H and O–H groups in total. The monoisotopic (exact) mass is 237 g/mol. The Labute approximate surface area is 99.3 Å². The number of fused-ring (bicyclic) bond motifs is 1. The fraction of sp³-hybridized carbons (Fsp3) is 0.462. The predicted molar refractivity (Wildman–Crippen MR) is 67.7 cm³/mol. The van der Waals surface area contributed by atoms with E-state index in [1.54, 1.807) is 17.4 Å². The molecule has 3 heteroatoms. The van der Waals surface area contributed by atoms with Crippen molar-refractivity contribution >= 4 is 21.6 Å². The minimum absolute atomic E-state index is 0.104. The van der Waals surface area contributed by atoms with E-state index in [1.165, 1.54) is 16.6 Å². The van der Waals surface area contributed by atoms with Crippen molar-refractivity contribution in [3.05, 3.63) is 28.5 Å². The van der Waals surface area contributed by atoms with Gasteiger partial charge < -0.3 is 0 Å². The van der Waals surface area contributed by atoms with Crippen LogP contribution in [-0.2, 0) is 11.8 Å². The van der Waals surface area contributed by atoms with Crippen LogP contribution in [-0.4, -0.2) is 4.98 Å². The van der Waals surface area contributed by atoms with Crippen molar-refractivity contribution in [1.29, 1.82) is 0 Å². The molecule has 0 saturated heterocycles. The molecule has 0 radical (unpaired) electrons. The highest BCUT2D eigenvalue weighted by Gasteiger charge is 2.22. The largest absolute Gasteiger partial charge is 0.252 e. The van der Waals surface area contributed by atoms with Gasteiger partial charge in [0.2, 0.25) is 0 Å². The smallest absolute Gasteiger partial charge is 0.142 e. The molecule has 0 aliphatic rings. The fourth-order valence-electron chi connectivity index (χ4n) is 1.94. The van der Waals surface area contributed by atoms with Gasteiger partial charge in [-0.05, 0) is 23.5 Å². The maximum absolute atomic E-state index is 13.1. The molecule has 0 spiro atoms. The third kappa shape index (κ3) is 1.84. The standard InChI is InChI=1S/C13H16FNS/c1-5-9-11-10(6-8(14)7-15-11)16-12(9)13(2,3)4/h6-7H,5H2,1-4H3. The molecular weight excluding hydrogens is 221 g/mol. The zero-order valence-electron chi connectivity index (χ0n) is 10.1. The van der Waals surface area contributed by atoms with Crippen LogP contribution in [0.1, 0.15) is 38.1 Å². The van der Waals surface area contributed by atoms with Crippen molar-refractivity contribution in [3.63, 3.8) is 0 Å². The number of rotatable bonds is 1. The maximum Gasteiger partial charge on any atom is 0.142 e. The summed E-state index contributed by atoms with van der Waals surface area (Å²) in [6, 6.07) is 1.58. The van der Waals surface area contributed by atoms with Gasteiger partial charge >= 0.3 is 0 Å². The lowest BCUT2D eigenvalue weighted by Gasteiger charge is -2.18. The Morgan fingerprint density at radius 2 is 2.06 bits per heavy atom. The number of thiophene rings is 1. The molecular formula is C13H16FNS. The number of aryl methyl sites for hydroxylation is 1. The van der Waals surface area contributed by atoms with Crippen LogP contribution < -0.4 is 0 Å². The molecule has 0 saturated carbocycles. The topological polar surface area (TPSA) is 12.9 Å². The van der Waals surface area contributed by atoms with Crippen molar-refractivity contribution in [2.75, 3.05) is 0 Å². The molecule has 2 aromatic rings. The van der Waals surface area contributed by atoms with Crippen LogP contribution in [0.3, 0.4) is 0 Å². The summed E-state index contributed by atoms with van der Waals surface area (Å²) in [6.45, 7) is 8.69. The Bertz CT molecular complexity index is 522. The second-order valence-corrected chi connectivity index (χ2v) is 6.07. The van der Waals surface area contributed by atoms with E-state index < -0.39 is 0 Å². The van der Waals surface area contributed by atoms with E-state index in [1.807, 2.05) is 0 Å². The first-order valence-corrected chi connectivity index (χ1v) is 6.32. The molecule has 2 aromatic heterocycles. The average Bonchev–Trinajstić information content (AvgIpc) is 2.54. The summed E-state index contributed by atoms with van der Waals surface area (Å²) >= 11 is 1.67. The van der Waals surface area contributed by atoms with Crippen molar-refractivity contribution in [2.24, 2.45) is 0 Å². The number of pyridine rings is 1. The van der Waals surface area contributed by atoms with E-state index in [-0.39, 0.29) is 11.2 Å². The minimum Gasteiger partial charge on any atom is -0.252 e. The fourth-order valence-corrected chi connectivity index (χ4v) is 3.27. The molecule has 2 heterocycles. The van der Waals surface area contributed by atoms with Gasteiger partial charge in [-0.3, -0.25) is 4.98 Å². The lowest BCUT2D eigenvalue weighted by molar-refractivity contribution is 0.598. The summed E-state index contributed by atoms with van der Waals surface area (Å²) < 4.78 is 14.1. The van der Waals surface area contributed by atoms with E-state index in [2.05, 4.69) is 32.7 Å². The van der Waals surface area contributed by atoms with E-state index in [9.17, 15) is 4.39 Å². The van der Waals surface area contributed by atoms with E-state index in [4.69, 9.17) is 0 Å². The Balaban J connectivity index is 2.76. The molecule has 86 valence electrons. The molecule has 0 bridgehead atoms. The molecule has 0 aliphatic carbocycles. The second kappa shape index (κ2) is 3.81. The van der Waals surface area contributed by atoms with E-state index in [0.29, 0.717) is 0 Å². The molecule has 0 unspecified atom stereocenters. The molecule has 1 nitrogen and oxygen atoms in total. The molecule has 0 aliphatic heterocycles. The third-order valence-corrected chi connectivity index (χ3v) is 4.22. The van der Waals surface area contributed by atoms with Crippen molar-refractivity contribution < 1.29 is 4.39 Å². The summed E-state index contributed by atoms with van der Waals surface area (Å²) in [5.74, 6) is -0.253. The summed E-state index contributed by atoms with van der Waals surface area (Å²) in [5.41, 5.74) is 2.35. The molecule has 0 atom stereocenters. The summed E-state index contributed by atoms with van der Waals surface area (Å²) in [7, 11) is 0. The van der Waals surface area contributed by atoms with Crippen LogP contribution in [0.15, 0.2) is 12.3 Å². The molecule has 0 amide bonds. The third-order valence-electron chi connectivity index (χ3n) is 2.63. The highest BCUT2D eigenvalue weighted by atomic mass is 32.1. The van der Waals surface area contributed by atoms with Gasteiger partial charge in [0.05, 0.1) is 16.4 Å². The predicted octanol–water partition coefficient (Wildman–Crippen LogP) is 4.30. The van der Waals surface area contributed by atoms with Gasteiger partial charge in [-0.1, -0.05) is 27.7 Å². The zero-order valence-corrected chi connectivity index (χ0v) is 10.9. The molecule has 0 fully saturated rings. The van der Waals surface area contributed by atoms with Gasteiger partial charge in [0.1, 0.15) is 5.82 Å². The molecule has 2 rings (SSSR count). The van der Waals surface area contributed by atoms with Crippen LogP contribution in [0.2, 0.25) is 0 Å². The van der Waals surface area contributed by atoms with Crippen molar-refractivity contribution in [3.8, 4) is 0 Å². The van der Waals surface area contributed by atoms with Crippen LogP contribution >= 0.6 is 11.3 Å². The Morgan fingerprint density at radius 3 is 2.62 bits per heavy atom. The molecule has 0 aromatic carbocycles. The number of hydrogen-bond donors (Lipinski definition) is 0. The highest BCUT2D eigenvalue weighted by Crippen LogP contribution is 2.38. The Morgan fingerprint density at radius 1 is 1.38 bits per heavy atom. The van der Waals surface area contributed by atoms with Crippen LogP contribution in [0.4, 0.5) is 4.39 Å². The van der Waals surface area contributed by atoms with E-state index in [0.717, 1.165) is 16.6 Å². The first kappa shape index (κ1) is 11.5. The van der Waals surface area contributed by atoms with Crippen LogP contribution in [0, 0.1) is 5.82 Å². The average molecular weight is 237 g/mol. The zero-order chi connectivity index (χ0) is 11.9. The SMILES string of the molecule is CCc1c(C(C)(C)C)sc2cc(F)cnc12. The first-order chi connectivity index (χ1) is 7.43. The van der Waals surface area contributed by atoms with Gasteiger partial charge in [0.25, 0.3) is 0 Å². The van der Waals surface area contributed by atoms with Gasteiger partial charge in [0.15, 0.2) is 0 Å². The number of halogens is 1. The minimum atomic E-state index is -0.253. The lowest BCUT2D eigenvalue weighted by Crippen LogP contribution is -2.11.